The fourth-order valence-electron chi connectivity index (χ4n) is 1.14. The molecule has 0 saturated heterocycles. The lowest BCUT2D eigenvalue weighted by atomic mass is 10.0. The normalized spacial score (nSPS) is 8.41. The highest BCUT2D eigenvalue weighted by Gasteiger charge is 2.22. The van der Waals surface area contributed by atoms with E-state index in [1.165, 1.54) is 0 Å². The zero-order chi connectivity index (χ0) is 17.3. The van der Waals surface area contributed by atoms with Crippen molar-refractivity contribution < 1.29 is 17.4 Å². The molecule has 1 aromatic rings. The second-order valence-corrected chi connectivity index (χ2v) is 6.57. The van der Waals surface area contributed by atoms with Crippen molar-refractivity contribution in [2.45, 2.75) is 0 Å². The van der Waals surface area contributed by atoms with Gasteiger partial charge in [0.15, 0.2) is 17.5 Å². The molecule has 0 spiro atoms. The number of hydrogen-bond acceptors (Lipinski definition) is 1. The van der Waals surface area contributed by atoms with Crippen molar-refractivity contribution >= 4 is 78.6 Å². The molecule has 0 aliphatic rings. The quantitative estimate of drug-likeness (QED) is 0.300. The first kappa shape index (κ1) is 22.0. The Labute approximate surface area is 170 Å². The Morgan fingerprint density at radius 1 is 0.727 bits per heavy atom. The second-order valence-electron chi connectivity index (χ2n) is 3.47. The predicted octanol–water partition coefficient (Wildman–Crippen LogP) is 4.33. The largest absolute Gasteiger partial charge is 0.260 e. The molecule has 1 aromatic carbocycles. The molecule has 0 fully saturated rings. The summed E-state index contributed by atoms with van der Waals surface area (Å²) in [4.78, 5) is 0. The van der Waals surface area contributed by atoms with Crippen molar-refractivity contribution in [3.05, 3.63) is 34.1 Å². The molecule has 0 aromatic heterocycles. The zero-order valence-electron chi connectivity index (χ0n) is 11.1. The number of hydrogen-bond donors (Lipinski definition) is 0. The smallest absolute Gasteiger partial charge is 0.160 e. The Bertz CT molecular complexity index is 654. The minimum absolute atomic E-state index is 0.519. The molecule has 0 amide bonds. The molecule has 0 radical (unpaired) electrons. The first-order valence-corrected chi connectivity index (χ1v) is 10.3. The van der Waals surface area contributed by atoms with Crippen LogP contribution in [0.1, 0.15) is 16.7 Å². The molecule has 0 aliphatic carbocycles. The van der Waals surface area contributed by atoms with Crippen LogP contribution in [0, 0.1) is 47.0 Å². The van der Waals surface area contributed by atoms with Gasteiger partial charge < -0.3 is 0 Å². The van der Waals surface area contributed by atoms with Crippen molar-refractivity contribution in [1.29, 1.82) is 0 Å². The fourth-order valence-corrected chi connectivity index (χ4v) is 1.94. The van der Waals surface area contributed by atoms with Gasteiger partial charge in [-0.25, -0.2) is 13.2 Å². The van der Waals surface area contributed by atoms with Crippen molar-refractivity contribution in [1.82, 2.24) is 0 Å². The van der Waals surface area contributed by atoms with E-state index in [0.717, 1.165) is 0 Å². The lowest BCUT2D eigenvalue weighted by Crippen LogP contribution is -2.04. The predicted molar refractivity (Wildman–Crippen MR) is 109 cm³/mol. The molecule has 1 rings (SSSR count). The average Bonchev–Trinajstić information content (AvgIpc) is 2.44. The maximum absolute atomic E-state index is 13.8. The van der Waals surface area contributed by atoms with Crippen molar-refractivity contribution in [2.24, 2.45) is 0 Å². The van der Waals surface area contributed by atoms with Crippen LogP contribution in [0.5, 0.6) is 0 Å². The SMILES string of the molecule is CS(C)=O.Fc1c(C#CI)c(F)c(C#CI)c(F)c1C#CI. The van der Waals surface area contributed by atoms with Gasteiger partial charge in [0.1, 0.15) is 0 Å². The van der Waals surface area contributed by atoms with E-state index in [2.05, 4.69) is 29.5 Å². The minimum atomic E-state index is -1.10. The summed E-state index contributed by atoms with van der Waals surface area (Å²) in [6.45, 7) is 0. The van der Waals surface area contributed by atoms with Gasteiger partial charge in [0, 0.05) is 91.1 Å². The van der Waals surface area contributed by atoms with Gasteiger partial charge in [-0.2, -0.15) is 0 Å². The third kappa shape index (κ3) is 6.65. The summed E-state index contributed by atoms with van der Waals surface area (Å²) in [7, 11) is -0.611. The van der Waals surface area contributed by atoms with Gasteiger partial charge in [0.25, 0.3) is 0 Å². The monoisotopic (exact) mass is 660 g/mol. The summed E-state index contributed by atoms with van der Waals surface area (Å²) < 4.78 is 58.1. The summed E-state index contributed by atoms with van der Waals surface area (Å²) in [6, 6.07) is 0. The van der Waals surface area contributed by atoms with Crippen LogP contribution in [-0.4, -0.2) is 16.7 Å². The Hall–Kier alpha value is 0.0300. The van der Waals surface area contributed by atoms with Crippen molar-refractivity contribution in [3.63, 3.8) is 0 Å². The molecule has 0 atom stereocenters. The van der Waals surface area contributed by atoms with E-state index in [1.807, 2.05) is 0 Å². The molecule has 0 saturated carbocycles. The van der Waals surface area contributed by atoms with Crippen LogP contribution in [0.3, 0.4) is 0 Å². The van der Waals surface area contributed by atoms with Crippen LogP contribution < -0.4 is 0 Å². The van der Waals surface area contributed by atoms with E-state index in [1.54, 1.807) is 80.3 Å². The van der Waals surface area contributed by atoms with Crippen LogP contribution >= 0.6 is 67.8 Å². The summed E-state index contributed by atoms with van der Waals surface area (Å²) in [5.41, 5.74) is -1.56. The van der Waals surface area contributed by atoms with E-state index in [-0.39, 0.29) is 0 Å². The van der Waals surface area contributed by atoms with Crippen LogP contribution in [0.4, 0.5) is 13.2 Å². The van der Waals surface area contributed by atoms with Crippen molar-refractivity contribution in [3.8, 4) is 29.5 Å². The Morgan fingerprint density at radius 3 is 1.05 bits per heavy atom. The van der Waals surface area contributed by atoms with E-state index in [4.69, 9.17) is 0 Å². The van der Waals surface area contributed by atoms with E-state index < -0.39 is 44.9 Å². The molecule has 116 valence electrons. The molecule has 0 heterocycles. The van der Waals surface area contributed by atoms with Gasteiger partial charge in [-0.05, 0) is 29.5 Å². The van der Waals surface area contributed by atoms with E-state index >= 15 is 0 Å². The van der Waals surface area contributed by atoms with Gasteiger partial charge in [-0.1, -0.05) is 0 Å². The van der Waals surface area contributed by atoms with Gasteiger partial charge in [0.2, 0.25) is 0 Å². The zero-order valence-corrected chi connectivity index (χ0v) is 18.4. The molecule has 0 N–H and O–H groups in total. The lowest BCUT2D eigenvalue weighted by Gasteiger charge is -2.05. The highest BCUT2D eigenvalue weighted by atomic mass is 127. The average molecular weight is 660 g/mol. The fraction of sp³-hybridized carbons (Fsp3) is 0.143. The summed E-state index contributed by atoms with van der Waals surface area (Å²) in [5, 5.41) is 0. The Kier molecular flexibility index (Phi) is 11.6. The third-order valence-electron chi connectivity index (χ3n) is 1.83. The molecule has 0 aliphatic heterocycles. The maximum Gasteiger partial charge on any atom is 0.160 e. The number of rotatable bonds is 0. The van der Waals surface area contributed by atoms with Crippen LogP contribution in [0.2, 0.25) is 0 Å². The molecule has 22 heavy (non-hydrogen) atoms. The summed E-state index contributed by atoms with van der Waals surface area (Å²) in [5.74, 6) is 3.45. The summed E-state index contributed by atoms with van der Waals surface area (Å²) >= 11 is 4.91. The van der Waals surface area contributed by atoms with Gasteiger partial charge in [-0.15, -0.1) is 0 Å². The molecule has 0 unspecified atom stereocenters. The van der Waals surface area contributed by atoms with Crippen LogP contribution in [-0.2, 0) is 10.8 Å². The van der Waals surface area contributed by atoms with Gasteiger partial charge in [0.05, 0.1) is 16.7 Å². The molecule has 1 nitrogen and oxygen atoms in total. The van der Waals surface area contributed by atoms with E-state index in [9.17, 15) is 17.4 Å². The Balaban J connectivity index is 0.000000980. The van der Waals surface area contributed by atoms with Crippen LogP contribution in [0.15, 0.2) is 0 Å². The summed E-state index contributed by atoms with van der Waals surface area (Å²) in [6.07, 6.45) is 3.28. The van der Waals surface area contributed by atoms with E-state index in [0.29, 0.717) is 0 Å². The number of benzene rings is 1. The maximum atomic E-state index is 13.8. The van der Waals surface area contributed by atoms with Crippen LogP contribution in [0.25, 0.3) is 0 Å². The topological polar surface area (TPSA) is 17.1 Å². The lowest BCUT2D eigenvalue weighted by molar-refractivity contribution is 0.531. The van der Waals surface area contributed by atoms with Gasteiger partial charge in [-0.3, -0.25) is 4.21 Å². The highest BCUT2D eigenvalue weighted by Crippen LogP contribution is 2.24. The second kappa shape index (κ2) is 11.5. The highest BCUT2D eigenvalue weighted by molar-refractivity contribution is 14.1. The number of halogens is 6. The molecular weight excluding hydrogens is 654 g/mol. The third-order valence-corrected chi connectivity index (χ3v) is 2.64. The molecule has 0 bridgehead atoms. The minimum Gasteiger partial charge on any atom is -0.260 e. The first-order valence-electron chi connectivity index (χ1n) is 5.12. The molecule has 8 heteroatoms. The standard InChI is InChI=1S/C12F3I3.C2H6OS/c13-10-7(1-4-16)11(14)9(3-6-18)12(15)8(10)2-5-17;1-4(2)3/h;1-2H3. The molecular formula is C14H6F3I3OS. The van der Waals surface area contributed by atoms with Gasteiger partial charge >= 0.3 is 0 Å². The Morgan fingerprint density at radius 2 is 0.909 bits per heavy atom. The first-order chi connectivity index (χ1) is 10.3. The van der Waals surface area contributed by atoms with Crippen molar-refractivity contribution in [2.75, 3.05) is 12.5 Å².